The standard InChI is InChI=1S/C9H7NO2S/c1-13-6-2-3-8-7(4-6)10-9(5-11)12-8/h2-5H,1H3. The maximum Gasteiger partial charge on any atom is 0.260 e. The molecule has 0 aliphatic heterocycles. The molecular formula is C9H7NO2S. The van der Waals surface area contributed by atoms with Gasteiger partial charge in [-0.2, -0.15) is 0 Å². The van der Waals surface area contributed by atoms with Crippen molar-refractivity contribution < 1.29 is 9.21 Å². The number of hydrogen-bond donors (Lipinski definition) is 0. The van der Waals surface area contributed by atoms with Crippen molar-refractivity contribution in [1.29, 1.82) is 0 Å². The van der Waals surface area contributed by atoms with E-state index < -0.39 is 0 Å². The van der Waals surface area contributed by atoms with Crippen LogP contribution in [0.4, 0.5) is 0 Å². The molecule has 3 nitrogen and oxygen atoms in total. The SMILES string of the molecule is CSc1ccc2oc(C=O)nc2c1. The molecule has 13 heavy (non-hydrogen) atoms. The highest BCUT2D eigenvalue weighted by molar-refractivity contribution is 7.98. The van der Waals surface area contributed by atoms with Crippen molar-refractivity contribution in [2.75, 3.05) is 6.26 Å². The summed E-state index contributed by atoms with van der Waals surface area (Å²) in [5.74, 6) is 0.133. The summed E-state index contributed by atoms with van der Waals surface area (Å²) in [5, 5.41) is 0. The number of hydrogen-bond acceptors (Lipinski definition) is 4. The summed E-state index contributed by atoms with van der Waals surface area (Å²) in [6.07, 6.45) is 2.60. The molecule has 0 bridgehead atoms. The van der Waals surface area contributed by atoms with Crippen LogP contribution in [0.15, 0.2) is 27.5 Å². The Bertz CT molecular complexity index is 450. The summed E-state index contributed by atoms with van der Waals surface area (Å²) in [5.41, 5.74) is 1.38. The third-order valence-electron chi connectivity index (χ3n) is 1.71. The van der Waals surface area contributed by atoms with Gasteiger partial charge in [-0.25, -0.2) is 4.98 Å². The zero-order valence-electron chi connectivity index (χ0n) is 6.98. The first-order valence-electron chi connectivity index (χ1n) is 3.73. The predicted molar refractivity (Wildman–Crippen MR) is 51.2 cm³/mol. The molecule has 1 aromatic carbocycles. The van der Waals surface area contributed by atoms with Gasteiger partial charge in [-0.3, -0.25) is 4.79 Å². The van der Waals surface area contributed by atoms with Gasteiger partial charge in [-0.05, 0) is 24.5 Å². The van der Waals surface area contributed by atoms with Crippen molar-refractivity contribution in [3.05, 3.63) is 24.1 Å². The Balaban J connectivity index is 2.63. The van der Waals surface area contributed by atoms with Crippen LogP contribution < -0.4 is 0 Å². The van der Waals surface area contributed by atoms with Crippen LogP contribution in [0, 0.1) is 0 Å². The maximum absolute atomic E-state index is 10.4. The Morgan fingerprint density at radius 3 is 3.08 bits per heavy atom. The Morgan fingerprint density at radius 2 is 2.38 bits per heavy atom. The number of fused-ring (bicyclic) bond motifs is 1. The van der Waals surface area contributed by atoms with Gasteiger partial charge in [0.25, 0.3) is 5.89 Å². The zero-order chi connectivity index (χ0) is 9.26. The summed E-state index contributed by atoms with van der Waals surface area (Å²) in [7, 11) is 0. The third-order valence-corrected chi connectivity index (χ3v) is 2.44. The fourth-order valence-electron chi connectivity index (χ4n) is 1.10. The van der Waals surface area contributed by atoms with Crippen molar-refractivity contribution in [2.45, 2.75) is 4.90 Å². The monoisotopic (exact) mass is 193 g/mol. The Hall–Kier alpha value is -1.29. The normalized spacial score (nSPS) is 10.5. The number of aromatic nitrogens is 1. The fourth-order valence-corrected chi connectivity index (χ4v) is 1.54. The molecule has 0 aliphatic carbocycles. The summed E-state index contributed by atoms with van der Waals surface area (Å²) < 4.78 is 5.13. The van der Waals surface area contributed by atoms with Crippen molar-refractivity contribution in [3.8, 4) is 0 Å². The van der Waals surface area contributed by atoms with Gasteiger partial charge in [0.05, 0.1) is 0 Å². The molecule has 0 fully saturated rings. The Kier molecular flexibility index (Phi) is 2.06. The lowest BCUT2D eigenvalue weighted by molar-refractivity contribution is 0.109. The number of benzene rings is 1. The van der Waals surface area contributed by atoms with Crippen LogP contribution in [0.25, 0.3) is 11.1 Å². The van der Waals surface area contributed by atoms with Crippen LogP contribution >= 0.6 is 11.8 Å². The number of aldehydes is 1. The Labute approximate surface area is 79.1 Å². The van der Waals surface area contributed by atoms with Crippen LogP contribution in [0.2, 0.25) is 0 Å². The molecule has 4 heteroatoms. The van der Waals surface area contributed by atoms with Gasteiger partial charge in [0.1, 0.15) is 5.52 Å². The number of rotatable bonds is 2. The number of carbonyl (C=O) groups is 1. The second kappa shape index (κ2) is 3.22. The van der Waals surface area contributed by atoms with E-state index >= 15 is 0 Å². The number of nitrogens with zero attached hydrogens (tertiary/aromatic N) is 1. The molecule has 66 valence electrons. The first-order chi connectivity index (χ1) is 6.33. The predicted octanol–water partition coefficient (Wildman–Crippen LogP) is 2.36. The van der Waals surface area contributed by atoms with Gasteiger partial charge in [0.2, 0.25) is 6.29 Å². The molecule has 0 unspecified atom stereocenters. The van der Waals surface area contributed by atoms with E-state index in [1.165, 1.54) is 0 Å². The van der Waals surface area contributed by atoms with Crippen LogP contribution in [0.3, 0.4) is 0 Å². The molecule has 0 N–H and O–H groups in total. The first kappa shape index (κ1) is 8.31. The fraction of sp³-hybridized carbons (Fsp3) is 0.111. The van der Waals surface area contributed by atoms with E-state index in [2.05, 4.69) is 4.98 Å². The average molecular weight is 193 g/mol. The number of carbonyl (C=O) groups excluding carboxylic acids is 1. The number of thioether (sulfide) groups is 1. The third kappa shape index (κ3) is 1.45. The van der Waals surface area contributed by atoms with Crippen LogP contribution in [0.5, 0.6) is 0 Å². The van der Waals surface area contributed by atoms with Gasteiger partial charge >= 0.3 is 0 Å². The lowest BCUT2D eigenvalue weighted by Crippen LogP contribution is -1.75. The minimum absolute atomic E-state index is 0.133. The molecule has 0 spiro atoms. The van der Waals surface area contributed by atoms with Gasteiger partial charge < -0.3 is 4.42 Å². The van der Waals surface area contributed by atoms with Gasteiger partial charge in [-0.15, -0.1) is 11.8 Å². The molecular weight excluding hydrogens is 186 g/mol. The molecule has 0 saturated heterocycles. The molecule has 1 aromatic heterocycles. The largest absolute Gasteiger partial charge is 0.434 e. The molecule has 0 amide bonds. The van der Waals surface area contributed by atoms with Crippen molar-refractivity contribution in [2.24, 2.45) is 0 Å². The molecule has 2 aromatic rings. The molecule has 0 saturated carbocycles. The van der Waals surface area contributed by atoms with Crippen molar-refractivity contribution in [1.82, 2.24) is 4.98 Å². The van der Waals surface area contributed by atoms with E-state index in [4.69, 9.17) is 4.42 Å². The molecule has 0 aliphatic rings. The lowest BCUT2D eigenvalue weighted by atomic mass is 10.3. The van der Waals surface area contributed by atoms with E-state index in [1.807, 2.05) is 24.5 Å². The Morgan fingerprint density at radius 1 is 1.54 bits per heavy atom. The highest BCUT2D eigenvalue weighted by Gasteiger charge is 2.04. The van der Waals surface area contributed by atoms with Gasteiger partial charge in [0, 0.05) is 4.90 Å². The molecule has 1 heterocycles. The quantitative estimate of drug-likeness (QED) is 0.542. The summed E-state index contributed by atoms with van der Waals surface area (Å²) >= 11 is 1.63. The minimum Gasteiger partial charge on any atom is -0.434 e. The maximum atomic E-state index is 10.4. The average Bonchev–Trinajstić information content (AvgIpc) is 2.58. The summed E-state index contributed by atoms with van der Waals surface area (Å²) in [6, 6.07) is 5.66. The van der Waals surface area contributed by atoms with Crippen LogP contribution in [-0.4, -0.2) is 17.5 Å². The first-order valence-corrected chi connectivity index (χ1v) is 4.95. The van der Waals surface area contributed by atoms with Crippen LogP contribution in [-0.2, 0) is 0 Å². The van der Waals surface area contributed by atoms with Crippen LogP contribution in [0.1, 0.15) is 10.7 Å². The van der Waals surface area contributed by atoms with E-state index in [0.29, 0.717) is 11.9 Å². The highest BCUT2D eigenvalue weighted by atomic mass is 32.2. The smallest absolute Gasteiger partial charge is 0.260 e. The second-order valence-electron chi connectivity index (χ2n) is 2.50. The topological polar surface area (TPSA) is 43.1 Å². The van der Waals surface area contributed by atoms with Gasteiger partial charge in [0.15, 0.2) is 5.58 Å². The van der Waals surface area contributed by atoms with E-state index in [9.17, 15) is 4.79 Å². The zero-order valence-corrected chi connectivity index (χ0v) is 7.80. The summed E-state index contributed by atoms with van der Waals surface area (Å²) in [6.45, 7) is 0. The molecule has 0 radical (unpaired) electrons. The lowest BCUT2D eigenvalue weighted by Gasteiger charge is -1.92. The highest BCUT2D eigenvalue weighted by Crippen LogP contribution is 2.21. The number of oxazole rings is 1. The molecule has 0 atom stereocenters. The second-order valence-corrected chi connectivity index (χ2v) is 3.38. The summed E-state index contributed by atoms with van der Waals surface area (Å²) in [4.78, 5) is 15.5. The van der Waals surface area contributed by atoms with Gasteiger partial charge in [-0.1, -0.05) is 0 Å². The van der Waals surface area contributed by atoms with E-state index in [-0.39, 0.29) is 5.89 Å². The minimum atomic E-state index is 0.133. The van der Waals surface area contributed by atoms with E-state index in [1.54, 1.807) is 11.8 Å². The van der Waals surface area contributed by atoms with Crippen molar-refractivity contribution in [3.63, 3.8) is 0 Å². The van der Waals surface area contributed by atoms with Crippen molar-refractivity contribution >= 4 is 29.1 Å². The molecule has 2 rings (SSSR count). The van der Waals surface area contributed by atoms with E-state index in [0.717, 1.165) is 10.4 Å².